The molecule has 1 rings (SSSR count). The van der Waals surface area contributed by atoms with E-state index in [0.717, 1.165) is 0 Å². The molecule has 0 fully saturated rings. The Hall–Kier alpha value is -1.70. The lowest BCUT2D eigenvalue weighted by molar-refractivity contribution is 0.0594. The topological polar surface area (TPSA) is 100 Å². The molecule has 1 unspecified atom stereocenters. The van der Waals surface area contributed by atoms with Crippen molar-refractivity contribution in [3.05, 3.63) is 35.1 Å². The van der Waals surface area contributed by atoms with Gasteiger partial charge in [-0.05, 0) is 19.0 Å². The van der Waals surface area contributed by atoms with Crippen molar-refractivity contribution in [3.63, 3.8) is 0 Å². The van der Waals surface area contributed by atoms with Gasteiger partial charge in [-0.3, -0.25) is 0 Å². The maximum absolute atomic E-state index is 14.0. The van der Waals surface area contributed by atoms with Gasteiger partial charge < -0.3 is 26.1 Å². The molecular formula is C13H20FN3O3. The van der Waals surface area contributed by atoms with E-state index in [0.29, 0.717) is 18.5 Å². The Morgan fingerprint density at radius 3 is 2.95 bits per heavy atom. The number of benzene rings is 1. The molecule has 6 nitrogen and oxygen atoms in total. The molecule has 0 heterocycles. The Morgan fingerprint density at radius 2 is 2.30 bits per heavy atom. The molecule has 0 aliphatic carbocycles. The van der Waals surface area contributed by atoms with E-state index in [1.165, 1.54) is 13.2 Å². The first-order chi connectivity index (χ1) is 9.60. The minimum absolute atomic E-state index is 0.0613. The minimum Gasteiger partial charge on any atom is -0.409 e. The smallest absolute Gasteiger partial charge is 0.173 e. The van der Waals surface area contributed by atoms with Crippen molar-refractivity contribution < 1.29 is 19.4 Å². The number of nitrogens with two attached hydrogens (primary N) is 1. The van der Waals surface area contributed by atoms with Gasteiger partial charge in [-0.2, -0.15) is 0 Å². The second-order valence-corrected chi connectivity index (χ2v) is 4.34. The number of rotatable bonds is 8. The average Bonchev–Trinajstić information content (AvgIpc) is 2.44. The molecular weight excluding hydrogens is 265 g/mol. The molecule has 5 N–H and O–H groups in total. The lowest BCUT2D eigenvalue weighted by atomic mass is 10.1. The van der Waals surface area contributed by atoms with Crippen LogP contribution in [-0.2, 0) is 11.3 Å². The Kier molecular flexibility index (Phi) is 6.92. The number of ether oxygens (including phenoxy) is 1. The van der Waals surface area contributed by atoms with Crippen LogP contribution in [0.2, 0.25) is 0 Å². The molecule has 0 aliphatic rings. The van der Waals surface area contributed by atoms with E-state index in [2.05, 4.69) is 10.5 Å². The fourth-order valence-electron chi connectivity index (χ4n) is 1.74. The predicted molar refractivity (Wildman–Crippen MR) is 73.1 cm³/mol. The molecule has 0 amide bonds. The molecule has 0 aliphatic heterocycles. The molecule has 0 aromatic heterocycles. The largest absolute Gasteiger partial charge is 0.409 e. The molecule has 20 heavy (non-hydrogen) atoms. The van der Waals surface area contributed by atoms with Gasteiger partial charge in [0.1, 0.15) is 5.82 Å². The number of nitrogens with zero attached hydrogens (tertiary/aromatic N) is 1. The maximum Gasteiger partial charge on any atom is 0.173 e. The van der Waals surface area contributed by atoms with Crippen LogP contribution in [0.1, 0.15) is 17.5 Å². The number of amidine groups is 1. The highest BCUT2D eigenvalue weighted by molar-refractivity contribution is 5.97. The number of halogens is 1. The summed E-state index contributed by atoms with van der Waals surface area (Å²) >= 11 is 0. The van der Waals surface area contributed by atoms with Gasteiger partial charge in [0.25, 0.3) is 0 Å². The van der Waals surface area contributed by atoms with Crippen LogP contribution in [0.5, 0.6) is 0 Å². The zero-order valence-electron chi connectivity index (χ0n) is 11.3. The van der Waals surface area contributed by atoms with E-state index in [-0.39, 0.29) is 24.6 Å². The zero-order chi connectivity index (χ0) is 15.0. The van der Waals surface area contributed by atoms with E-state index >= 15 is 0 Å². The number of nitrogens with one attached hydrogen (secondary N) is 1. The molecule has 1 aromatic carbocycles. The molecule has 0 radical (unpaired) electrons. The van der Waals surface area contributed by atoms with Gasteiger partial charge in [0, 0.05) is 19.2 Å². The Balaban J connectivity index is 2.53. The van der Waals surface area contributed by atoms with Crippen molar-refractivity contribution in [3.8, 4) is 0 Å². The summed E-state index contributed by atoms with van der Waals surface area (Å²) in [5.74, 6) is -0.785. The monoisotopic (exact) mass is 285 g/mol. The van der Waals surface area contributed by atoms with Crippen molar-refractivity contribution >= 4 is 5.84 Å². The number of aliphatic hydroxyl groups is 1. The molecule has 0 spiro atoms. The van der Waals surface area contributed by atoms with Gasteiger partial charge in [0.05, 0.1) is 18.3 Å². The predicted octanol–water partition coefficient (Wildman–Crippen LogP) is 0.407. The standard InChI is InChI=1S/C13H20FN3O3/c1-20-8-10(18)5-6-16-7-9-3-2-4-11(12(9)14)13(15)17-19/h2-4,10,16,18-19H,5-8H2,1H3,(H2,15,17). The average molecular weight is 285 g/mol. The molecule has 1 aromatic rings. The minimum atomic E-state index is -0.541. The zero-order valence-corrected chi connectivity index (χ0v) is 11.3. The van der Waals surface area contributed by atoms with Crippen molar-refractivity contribution in [1.29, 1.82) is 0 Å². The van der Waals surface area contributed by atoms with Crippen LogP contribution >= 0.6 is 0 Å². The summed E-state index contributed by atoms with van der Waals surface area (Å²) in [6.07, 6.45) is -0.0316. The summed E-state index contributed by atoms with van der Waals surface area (Å²) in [6, 6.07) is 4.69. The summed E-state index contributed by atoms with van der Waals surface area (Å²) < 4.78 is 18.8. The van der Waals surface area contributed by atoms with E-state index in [1.807, 2.05) is 0 Å². The SMILES string of the molecule is COCC(O)CCNCc1cccc(/C(N)=N/O)c1F. The lowest BCUT2D eigenvalue weighted by Gasteiger charge is -2.11. The molecule has 7 heteroatoms. The van der Waals surface area contributed by atoms with Crippen LogP contribution in [0.25, 0.3) is 0 Å². The molecule has 0 bridgehead atoms. The van der Waals surface area contributed by atoms with E-state index in [4.69, 9.17) is 15.7 Å². The van der Waals surface area contributed by atoms with Crippen LogP contribution in [0.15, 0.2) is 23.4 Å². The van der Waals surface area contributed by atoms with Gasteiger partial charge in [0.2, 0.25) is 0 Å². The normalized spacial score (nSPS) is 13.4. The van der Waals surface area contributed by atoms with Gasteiger partial charge >= 0.3 is 0 Å². The summed E-state index contributed by atoms with van der Waals surface area (Å²) in [5.41, 5.74) is 5.86. The van der Waals surface area contributed by atoms with Gasteiger partial charge in [-0.15, -0.1) is 0 Å². The van der Waals surface area contributed by atoms with Crippen LogP contribution in [0.4, 0.5) is 4.39 Å². The first-order valence-corrected chi connectivity index (χ1v) is 6.23. The van der Waals surface area contributed by atoms with Crippen LogP contribution < -0.4 is 11.1 Å². The Bertz CT molecular complexity index is 454. The van der Waals surface area contributed by atoms with Crippen LogP contribution in [-0.4, -0.2) is 42.5 Å². The second kappa shape index (κ2) is 8.47. The van der Waals surface area contributed by atoms with E-state index in [1.54, 1.807) is 12.1 Å². The van der Waals surface area contributed by atoms with E-state index < -0.39 is 11.9 Å². The quantitative estimate of drug-likeness (QED) is 0.182. The molecule has 112 valence electrons. The first kappa shape index (κ1) is 16.4. The highest BCUT2D eigenvalue weighted by Gasteiger charge is 2.11. The number of hydrogen-bond acceptors (Lipinski definition) is 5. The molecule has 0 saturated carbocycles. The van der Waals surface area contributed by atoms with Crippen LogP contribution in [0.3, 0.4) is 0 Å². The third kappa shape index (κ3) is 4.76. The molecule has 0 saturated heterocycles. The summed E-state index contributed by atoms with van der Waals surface area (Å²) in [4.78, 5) is 0. The Morgan fingerprint density at radius 1 is 1.55 bits per heavy atom. The second-order valence-electron chi connectivity index (χ2n) is 4.34. The first-order valence-electron chi connectivity index (χ1n) is 6.23. The van der Waals surface area contributed by atoms with Gasteiger partial charge in [0.15, 0.2) is 5.84 Å². The molecule has 1 atom stereocenters. The summed E-state index contributed by atoms with van der Waals surface area (Å²) in [7, 11) is 1.52. The number of hydrogen-bond donors (Lipinski definition) is 4. The highest BCUT2D eigenvalue weighted by atomic mass is 19.1. The van der Waals surface area contributed by atoms with Crippen molar-refractivity contribution in [2.24, 2.45) is 10.9 Å². The lowest BCUT2D eigenvalue weighted by Crippen LogP contribution is -2.24. The van der Waals surface area contributed by atoms with Crippen molar-refractivity contribution in [2.45, 2.75) is 19.1 Å². The summed E-state index contributed by atoms with van der Waals surface area (Å²) in [5, 5.41) is 23.8. The third-order valence-corrected chi connectivity index (χ3v) is 2.79. The Labute approximate surface area is 117 Å². The van der Waals surface area contributed by atoms with Crippen molar-refractivity contribution in [1.82, 2.24) is 5.32 Å². The highest BCUT2D eigenvalue weighted by Crippen LogP contribution is 2.12. The van der Waals surface area contributed by atoms with Crippen molar-refractivity contribution in [2.75, 3.05) is 20.3 Å². The summed E-state index contributed by atoms with van der Waals surface area (Å²) in [6.45, 7) is 1.09. The fraction of sp³-hybridized carbons (Fsp3) is 0.462. The van der Waals surface area contributed by atoms with Gasteiger partial charge in [-0.25, -0.2) is 4.39 Å². The fourth-order valence-corrected chi connectivity index (χ4v) is 1.74. The number of methoxy groups -OCH3 is 1. The van der Waals surface area contributed by atoms with E-state index in [9.17, 15) is 9.50 Å². The van der Waals surface area contributed by atoms with Crippen LogP contribution in [0, 0.1) is 5.82 Å². The maximum atomic E-state index is 14.0. The van der Waals surface area contributed by atoms with Gasteiger partial charge in [-0.1, -0.05) is 17.3 Å². The number of aliphatic hydroxyl groups excluding tert-OH is 1. The third-order valence-electron chi connectivity index (χ3n) is 2.79. The number of oxime groups is 1.